The number of imidazole rings is 1. The molecule has 1 aliphatic heterocycles. The quantitative estimate of drug-likeness (QED) is 0.490. The second-order valence-corrected chi connectivity index (χ2v) is 7.27. The van der Waals surface area contributed by atoms with Crippen LogP contribution in [0.2, 0.25) is 0 Å². The fraction of sp³-hybridized carbons (Fsp3) is 0.227. The predicted octanol–water partition coefficient (Wildman–Crippen LogP) is 4.03. The zero-order valence-electron chi connectivity index (χ0n) is 15.5. The summed E-state index contributed by atoms with van der Waals surface area (Å²) in [6.07, 6.45) is 7.14. The SMILES string of the molecule is Cc1ccc2c(-c3c(C)c(C)cc4nc5n(c34)C=CC5)[n+](C)cnc2c1. The molecule has 3 heterocycles. The van der Waals surface area contributed by atoms with Crippen molar-refractivity contribution in [3.8, 4) is 11.3 Å². The number of benzene rings is 2. The first kappa shape index (κ1) is 15.3. The van der Waals surface area contributed by atoms with Crippen molar-refractivity contribution in [3.63, 3.8) is 0 Å². The first-order chi connectivity index (χ1) is 12.5. The number of aromatic nitrogens is 4. The Labute approximate surface area is 152 Å². The van der Waals surface area contributed by atoms with Crippen molar-refractivity contribution in [3.05, 3.63) is 59.2 Å². The van der Waals surface area contributed by atoms with Crippen LogP contribution in [0.25, 0.3) is 39.4 Å². The highest BCUT2D eigenvalue weighted by molar-refractivity contribution is 6.02. The molecule has 0 fully saturated rings. The smallest absolute Gasteiger partial charge is 0.287 e. The molecule has 0 radical (unpaired) electrons. The van der Waals surface area contributed by atoms with Crippen LogP contribution in [0.4, 0.5) is 0 Å². The second kappa shape index (κ2) is 5.24. The molecular formula is C22H21N4+. The van der Waals surface area contributed by atoms with Crippen molar-refractivity contribution >= 4 is 28.1 Å². The van der Waals surface area contributed by atoms with Gasteiger partial charge in [0.25, 0.3) is 6.33 Å². The number of allylic oxidation sites excluding steroid dienone is 1. The van der Waals surface area contributed by atoms with E-state index in [1.807, 2.05) is 6.33 Å². The lowest BCUT2D eigenvalue weighted by Gasteiger charge is -2.13. The van der Waals surface area contributed by atoms with Crippen LogP contribution in [0.15, 0.2) is 36.7 Å². The fourth-order valence-electron chi connectivity index (χ4n) is 4.05. The van der Waals surface area contributed by atoms with Crippen LogP contribution in [-0.2, 0) is 13.5 Å². The molecule has 4 nitrogen and oxygen atoms in total. The van der Waals surface area contributed by atoms with E-state index in [4.69, 9.17) is 4.98 Å². The molecule has 0 N–H and O–H groups in total. The van der Waals surface area contributed by atoms with Crippen molar-refractivity contribution in [1.29, 1.82) is 0 Å². The van der Waals surface area contributed by atoms with Crippen LogP contribution in [0, 0.1) is 20.8 Å². The third kappa shape index (κ3) is 1.99. The van der Waals surface area contributed by atoms with Crippen LogP contribution in [0.3, 0.4) is 0 Å². The molecule has 0 aliphatic carbocycles. The van der Waals surface area contributed by atoms with Gasteiger partial charge in [-0.25, -0.2) is 9.55 Å². The minimum absolute atomic E-state index is 0.897. The average molecular weight is 341 g/mol. The van der Waals surface area contributed by atoms with E-state index in [1.165, 1.54) is 38.9 Å². The molecule has 0 saturated heterocycles. The number of rotatable bonds is 1. The molecule has 0 unspecified atom stereocenters. The summed E-state index contributed by atoms with van der Waals surface area (Å²) in [6.45, 7) is 6.49. The molecule has 0 spiro atoms. The third-order valence-corrected chi connectivity index (χ3v) is 5.49. The standard InChI is InChI=1S/C22H21N4/c1-13-7-8-16-17(10-13)23-12-25(4)21(16)20-15(3)14(2)11-18-22(20)26-9-5-6-19(26)24-18/h5,7-12H,6H2,1-4H3/q+1. The molecule has 4 aromatic rings. The van der Waals surface area contributed by atoms with Crippen LogP contribution < -0.4 is 4.57 Å². The van der Waals surface area contributed by atoms with E-state index in [2.05, 4.69) is 78.5 Å². The summed E-state index contributed by atoms with van der Waals surface area (Å²) in [5.41, 5.74) is 9.54. The van der Waals surface area contributed by atoms with Gasteiger partial charge in [0.2, 0.25) is 0 Å². The molecule has 26 heavy (non-hydrogen) atoms. The summed E-state index contributed by atoms with van der Waals surface area (Å²) >= 11 is 0. The molecule has 5 rings (SSSR count). The lowest BCUT2D eigenvalue weighted by molar-refractivity contribution is -0.662. The lowest BCUT2D eigenvalue weighted by atomic mass is 9.95. The first-order valence-corrected chi connectivity index (χ1v) is 8.97. The van der Waals surface area contributed by atoms with Gasteiger partial charge in [-0.05, 0) is 60.6 Å². The molecular weight excluding hydrogens is 320 g/mol. The third-order valence-electron chi connectivity index (χ3n) is 5.49. The van der Waals surface area contributed by atoms with Gasteiger partial charge in [-0.1, -0.05) is 12.1 Å². The number of hydrogen-bond acceptors (Lipinski definition) is 2. The van der Waals surface area contributed by atoms with Crippen LogP contribution in [-0.4, -0.2) is 14.5 Å². The van der Waals surface area contributed by atoms with Crippen molar-refractivity contribution in [2.24, 2.45) is 7.05 Å². The number of hydrogen-bond donors (Lipinski definition) is 0. The first-order valence-electron chi connectivity index (χ1n) is 8.97. The summed E-state index contributed by atoms with van der Waals surface area (Å²) in [6, 6.07) is 8.72. The molecule has 1 aliphatic rings. The lowest BCUT2D eigenvalue weighted by Crippen LogP contribution is -2.32. The fourth-order valence-corrected chi connectivity index (χ4v) is 4.05. The van der Waals surface area contributed by atoms with Gasteiger partial charge in [-0.2, -0.15) is 0 Å². The van der Waals surface area contributed by atoms with E-state index >= 15 is 0 Å². The monoisotopic (exact) mass is 341 g/mol. The second-order valence-electron chi connectivity index (χ2n) is 7.27. The Bertz CT molecular complexity index is 1240. The highest BCUT2D eigenvalue weighted by atomic mass is 15.1. The Morgan fingerprint density at radius 1 is 1.08 bits per heavy atom. The van der Waals surface area contributed by atoms with Crippen molar-refractivity contribution in [1.82, 2.24) is 14.5 Å². The van der Waals surface area contributed by atoms with Gasteiger partial charge in [0.15, 0.2) is 5.52 Å². The highest BCUT2D eigenvalue weighted by Gasteiger charge is 2.24. The summed E-state index contributed by atoms with van der Waals surface area (Å²) in [5.74, 6) is 1.11. The summed E-state index contributed by atoms with van der Waals surface area (Å²) < 4.78 is 4.38. The average Bonchev–Trinajstić information content (AvgIpc) is 3.18. The van der Waals surface area contributed by atoms with Crippen molar-refractivity contribution in [2.75, 3.05) is 0 Å². The van der Waals surface area contributed by atoms with Gasteiger partial charge < -0.3 is 4.57 Å². The van der Waals surface area contributed by atoms with Gasteiger partial charge in [0.1, 0.15) is 11.5 Å². The maximum atomic E-state index is 4.88. The Morgan fingerprint density at radius 2 is 1.92 bits per heavy atom. The number of fused-ring (bicyclic) bond motifs is 4. The van der Waals surface area contributed by atoms with E-state index in [-0.39, 0.29) is 0 Å². The van der Waals surface area contributed by atoms with E-state index in [9.17, 15) is 0 Å². The zero-order valence-corrected chi connectivity index (χ0v) is 15.5. The summed E-state index contributed by atoms with van der Waals surface area (Å²) in [5, 5.41) is 1.17. The topological polar surface area (TPSA) is 34.6 Å². The van der Waals surface area contributed by atoms with Crippen molar-refractivity contribution < 1.29 is 4.57 Å². The van der Waals surface area contributed by atoms with E-state index < -0.39 is 0 Å². The van der Waals surface area contributed by atoms with Gasteiger partial charge in [-0.15, -0.1) is 0 Å². The van der Waals surface area contributed by atoms with Crippen LogP contribution in [0.1, 0.15) is 22.5 Å². The Balaban J connectivity index is 2.00. The van der Waals surface area contributed by atoms with E-state index in [0.717, 1.165) is 23.3 Å². The number of aryl methyl sites for hydroxylation is 3. The Morgan fingerprint density at radius 3 is 2.77 bits per heavy atom. The largest absolute Gasteiger partial charge is 0.302 e. The number of nitrogens with zero attached hydrogens (tertiary/aromatic N) is 4. The maximum absolute atomic E-state index is 4.88. The summed E-state index contributed by atoms with van der Waals surface area (Å²) in [4.78, 5) is 9.53. The Hall–Kier alpha value is -3.01. The molecule has 0 amide bonds. The molecule has 128 valence electrons. The zero-order chi connectivity index (χ0) is 18.0. The molecule has 4 heteroatoms. The van der Waals surface area contributed by atoms with Gasteiger partial charge >= 0.3 is 0 Å². The molecule has 2 aromatic heterocycles. The molecule has 0 atom stereocenters. The van der Waals surface area contributed by atoms with Crippen LogP contribution >= 0.6 is 0 Å². The maximum Gasteiger partial charge on any atom is 0.287 e. The van der Waals surface area contributed by atoms with Gasteiger partial charge in [-0.3, -0.25) is 0 Å². The molecule has 0 bridgehead atoms. The normalized spacial score (nSPS) is 13.1. The summed E-state index contributed by atoms with van der Waals surface area (Å²) in [7, 11) is 2.08. The van der Waals surface area contributed by atoms with Crippen LogP contribution in [0.5, 0.6) is 0 Å². The predicted molar refractivity (Wildman–Crippen MR) is 105 cm³/mol. The van der Waals surface area contributed by atoms with E-state index in [1.54, 1.807) is 0 Å². The Kier molecular flexibility index (Phi) is 3.08. The minimum Gasteiger partial charge on any atom is -0.302 e. The highest BCUT2D eigenvalue weighted by Crippen LogP contribution is 2.37. The molecule has 2 aromatic carbocycles. The minimum atomic E-state index is 0.897. The van der Waals surface area contributed by atoms with Gasteiger partial charge in [0.05, 0.1) is 29.0 Å². The molecule has 0 saturated carbocycles. The van der Waals surface area contributed by atoms with Gasteiger partial charge in [0, 0.05) is 12.6 Å². The van der Waals surface area contributed by atoms with E-state index in [0.29, 0.717) is 0 Å². The van der Waals surface area contributed by atoms with Crippen molar-refractivity contribution in [2.45, 2.75) is 27.2 Å².